The number of pyridine rings is 1. The Bertz CT molecular complexity index is 557. The molecule has 2 aromatic rings. The molecule has 0 radical (unpaired) electrons. The molecule has 0 saturated carbocycles. The second-order valence-electron chi connectivity index (χ2n) is 4.33. The summed E-state index contributed by atoms with van der Waals surface area (Å²) in [5.41, 5.74) is 0.798. The van der Waals surface area contributed by atoms with Crippen molar-refractivity contribution in [1.29, 1.82) is 0 Å². The van der Waals surface area contributed by atoms with Crippen molar-refractivity contribution >= 4 is 21.7 Å². The first kappa shape index (κ1) is 14.8. The average Bonchev–Trinajstić information content (AvgIpc) is 2.42. The van der Waals surface area contributed by atoms with Crippen LogP contribution in [0.3, 0.4) is 0 Å². The zero-order valence-corrected chi connectivity index (χ0v) is 12.8. The summed E-state index contributed by atoms with van der Waals surface area (Å²) in [6.45, 7) is 3.29. The lowest BCUT2D eigenvalue weighted by Gasteiger charge is -2.08. The molecule has 1 aromatic heterocycles. The van der Waals surface area contributed by atoms with Gasteiger partial charge in [0.15, 0.2) is 0 Å². The summed E-state index contributed by atoms with van der Waals surface area (Å²) in [4.78, 5) is 4.43. The van der Waals surface area contributed by atoms with Gasteiger partial charge >= 0.3 is 0 Å². The Morgan fingerprint density at radius 2 is 2.15 bits per heavy atom. The molecule has 0 atom stereocenters. The SMILES string of the molecule is CCCNc1cccc(COc2cc(F)cc(Br)c2)n1. The molecule has 0 aliphatic heterocycles. The van der Waals surface area contributed by atoms with E-state index >= 15 is 0 Å². The Balaban J connectivity index is 1.99. The van der Waals surface area contributed by atoms with Gasteiger partial charge in [-0.05, 0) is 30.7 Å². The van der Waals surface area contributed by atoms with E-state index in [2.05, 4.69) is 33.2 Å². The van der Waals surface area contributed by atoms with E-state index in [-0.39, 0.29) is 5.82 Å². The fourth-order valence-corrected chi connectivity index (χ4v) is 2.12. The predicted octanol–water partition coefficient (Wildman–Crippen LogP) is 4.38. The van der Waals surface area contributed by atoms with E-state index < -0.39 is 0 Å². The van der Waals surface area contributed by atoms with E-state index in [9.17, 15) is 4.39 Å². The predicted molar refractivity (Wildman–Crippen MR) is 81.4 cm³/mol. The summed E-state index contributed by atoms with van der Waals surface area (Å²) in [6.07, 6.45) is 1.04. The van der Waals surface area contributed by atoms with Gasteiger partial charge in [-0.15, -0.1) is 0 Å². The number of rotatable bonds is 6. The number of ether oxygens (including phenoxy) is 1. The quantitative estimate of drug-likeness (QED) is 0.848. The highest BCUT2D eigenvalue weighted by Crippen LogP contribution is 2.21. The standard InChI is InChI=1S/C15H16BrFN2O/c1-2-6-18-15-5-3-4-13(19-15)10-20-14-8-11(16)7-12(17)9-14/h3-5,7-9H,2,6,10H2,1H3,(H,18,19). The second kappa shape index (κ2) is 7.24. The Kier molecular flexibility index (Phi) is 5.35. The molecule has 0 aliphatic rings. The van der Waals surface area contributed by atoms with E-state index in [1.807, 2.05) is 18.2 Å². The van der Waals surface area contributed by atoms with Gasteiger partial charge in [-0.1, -0.05) is 28.9 Å². The van der Waals surface area contributed by atoms with Crippen molar-refractivity contribution in [2.45, 2.75) is 20.0 Å². The van der Waals surface area contributed by atoms with Crippen molar-refractivity contribution in [1.82, 2.24) is 4.98 Å². The van der Waals surface area contributed by atoms with Gasteiger partial charge in [0.2, 0.25) is 0 Å². The molecule has 0 fully saturated rings. The summed E-state index contributed by atoms with van der Waals surface area (Å²) < 4.78 is 19.4. The number of benzene rings is 1. The molecule has 1 N–H and O–H groups in total. The van der Waals surface area contributed by atoms with Gasteiger partial charge in [0.1, 0.15) is 24.0 Å². The molecular weight excluding hydrogens is 323 g/mol. The van der Waals surface area contributed by atoms with Crippen molar-refractivity contribution in [2.24, 2.45) is 0 Å². The van der Waals surface area contributed by atoms with Gasteiger partial charge in [0.05, 0.1) is 5.69 Å². The summed E-state index contributed by atoms with van der Waals surface area (Å²) >= 11 is 3.23. The minimum atomic E-state index is -0.333. The van der Waals surface area contributed by atoms with Crippen molar-refractivity contribution in [2.75, 3.05) is 11.9 Å². The molecule has 0 bridgehead atoms. The van der Waals surface area contributed by atoms with Crippen LogP contribution in [0.1, 0.15) is 19.0 Å². The van der Waals surface area contributed by atoms with Crippen LogP contribution < -0.4 is 10.1 Å². The highest BCUT2D eigenvalue weighted by molar-refractivity contribution is 9.10. The fraction of sp³-hybridized carbons (Fsp3) is 0.267. The van der Waals surface area contributed by atoms with E-state index in [0.717, 1.165) is 24.5 Å². The van der Waals surface area contributed by atoms with Crippen LogP contribution in [0.2, 0.25) is 0 Å². The first-order valence-corrected chi connectivity index (χ1v) is 7.25. The Labute approximate surface area is 126 Å². The topological polar surface area (TPSA) is 34.1 Å². The first-order valence-electron chi connectivity index (χ1n) is 6.46. The van der Waals surface area contributed by atoms with E-state index in [1.54, 1.807) is 6.07 Å². The van der Waals surface area contributed by atoms with Gasteiger partial charge in [-0.2, -0.15) is 0 Å². The highest BCUT2D eigenvalue weighted by Gasteiger charge is 2.02. The van der Waals surface area contributed by atoms with Crippen LogP contribution in [0.15, 0.2) is 40.9 Å². The van der Waals surface area contributed by atoms with Crippen LogP contribution in [-0.4, -0.2) is 11.5 Å². The Morgan fingerprint density at radius 1 is 1.30 bits per heavy atom. The zero-order chi connectivity index (χ0) is 14.4. The van der Waals surface area contributed by atoms with Crippen LogP contribution in [0.5, 0.6) is 5.75 Å². The second-order valence-corrected chi connectivity index (χ2v) is 5.25. The summed E-state index contributed by atoms with van der Waals surface area (Å²) in [6, 6.07) is 10.2. The van der Waals surface area contributed by atoms with Gasteiger partial charge < -0.3 is 10.1 Å². The molecule has 20 heavy (non-hydrogen) atoms. The monoisotopic (exact) mass is 338 g/mol. The van der Waals surface area contributed by atoms with Gasteiger partial charge in [-0.3, -0.25) is 0 Å². The van der Waals surface area contributed by atoms with Crippen LogP contribution in [0, 0.1) is 5.82 Å². The lowest BCUT2D eigenvalue weighted by atomic mass is 10.3. The molecule has 106 valence electrons. The number of nitrogens with one attached hydrogen (secondary N) is 1. The van der Waals surface area contributed by atoms with Crippen molar-refractivity contribution in [3.63, 3.8) is 0 Å². The third kappa shape index (κ3) is 4.49. The molecule has 0 unspecified atom stereocenters. The number of aromatic nitrogens is 1. The lowest BCUT2D eigenvalue weighted by Crippen LogP contribution is -2.05. The van der Waals surface area contributed by atoms with E-state index in [0.29, 0.717) is 16.8 Å². The molecule has 0 spiro atoms. The number of halogens is 2. The maximum absolute atomic E-state index is 13.2. The normalized spacial score (nSPS) is 10.3. The van der Waals surface area contributed by atoms with E-state index in [1.165, 1.54) is 12.1 Å². The van der Waals surface area contributed by atoms with Gasteiger partial charge in [0.25, 0.3) is 0 Å². The highest BCUT2D eigenvalue weighted by atomic mass is 79.9. The maximum atomic E-state index is 13.2. The molecule has 0 saturated heterocycles. The largest absolute Gasteiger partial charge is 0.487 e. The van der Waals surface area contributed by atoms with Crippen molar-refractivity contribution < 1.29 is 9.13 Å². The maximum Gasteiger partial charge on any atom is 0.130 e. The van der Waals surface area contributed by atoms with Gasteiger partial charge in [0, 0.05) is 17.1 Å². The minimum Gasteiger partial charge on any atom is -0.487 e. The van der Waals surface area contributed by atoms with Crippen LogP contribution >= 0.6 is 15.9 Å². The molecule has 0 aliphatic carbocycles. The number of hydrogen-bond acceptors (Lipinski definition) is 3. The van der Waals surface area contributed by atoms with Crippen molar-refractivity contribution in [3.8, 4) is 5.75 Å². The van der Waals surface area contributed by atoms with Crippen molar-refractivity contribution in [3.05, 3.63) is 52.4 Å². The Morgan fingerprint density at radius 3 is 2.90 bits per heavy atom. The zero-order valence-electron chi connectivity index (χ0n) is 11.2. The van der Waals surface area contributed by atoms with Crippen LogP contribution in [-0.2, 0) is 6.61 Å². The van der Waals surface area contributed by atoms with Gasteiger partial charge in [-0.25, -0.2) is 9.37 Å². The molecule has 5 heteroatoms. The van der Waals surface area contributed by atoms with Crippen LogP contribution in [0.4, 0.5) is 10.2 Å². The first-order chi connectivity index (χ1) is 9.67. The molecule has 3 nitrogen and oxygen atoms in total. The Hall–Kier alpha value is -1.62. The summed E-state index contributed by atoms with van der Waals surface area (Å²) in [7, 11) is 0. The molecule has 2 rings (SSSR count). The van der Waals surface area contributed by atoms with E-state index in [4.69, 9.17) is 4.74 Å². The number of anilines is 1. The average molecular weight is 339 g/mol. The van der Waals surface area contributed by atoms with Crippen LogP contribution in [0.25, 0.3) is 0 Å². The summed E-state index contributed by atoms with van der Waals surface area (Å²) in [5, 5.41) is 3.22. The molecule has 0 amide bonds. The molecule has 1 aromatic carbocycles. The number of hydrogen-bond donors (Lipinski definition) is 1. The third-order valence-electron chi connectivity index (χ3n) is 2.59. The number of nitrogens with zero attached hydrogens (tertiary/aromatic N) is 1. The minimum absolute atomic E-state index is 0.303. The summed E-state index contributed by atoms with van der Waals surface area (Å²) in [5.74, 6) is 0.972. The third-order valence-corrected chi connectivity index (χ3v) is 3.04. The molecular formula is C15H16BrFN2O. The smallest absolute Gasteiger partial charge is 0.130 e. The fourth-order valence-electron chi connectivity index (χ4n) is 1.68. The lowest BCUT2D eigenvalue weighted by molar-refractivity contribution is 0.299. The molecule has 1 heterocycles.